The van der Waals surface area contributed by atoms with E-state index in [1.165, 1.54) is 80.3 Å². The SMILES string of the molecule is CC(C)(C)c1ccc(N2C3=CC(C(C)(C)C)CC4C3B(c3ccc(C(C)(C)C)cc32)C2CC(C(C)(C)C)CC3C2N4C2C4CCCC=C4C(C)(C)C32)c(C2C=CCCC2)c1. The van der Waals surface area contributed by atoms with Gasteiger partial charge in [-0.25, -0.2) is 0 Å². The lowest BCUT2D eigenvalue weighted by atomic mass is 9.22. The van der Waals surface area contributed by atoms with Gasteiger partial charge in [0.15, 0.2) is 6.71 Å². The van der Waals surface area contributed by atoms with Gasteiger partial charge in [-0.2, -0.15) is 0 Å². The highest BCUT2D eigenvalue weighted by atomic mass is 15.3. The third-order valence-corrected chi connectivity index (χ3v) is 18.7. The zero-order chi connectivity index (χ0) is 42.6. The van der Waals surface area contributed by atoms with Gasteiger partial charge in [-0.3, -0.25) is 4.90 Å². The molecule has 0 radical (unpaired) electrons. The first-order chi connectivity index (χ1) is 28.1. The molecule has 3 heterocycles. The van der Waals surface area contributed by atoms with Crippen molar-refractivity contribution in [3.63, 3.8) is 0 Å². The number of anilines is 2. The molecule has 5 aliphatic carbocycles. The predicted molar refractivity (Wildman–Crippen MR) is 258 cm³/mol. The fraction of sp³-hybridized carbons (Fsp3) is 0.684. The van der Waals surface area contributed by atoms with E-state index in [0.717, 1.165) is 23.7 Å². The molecule has 2 aromatic rings. The Kier molecular flexibility index (Phi) is 9.50. The molecule has 0 N–H and O–H groups in total. The quantitative estimate of drug-likeness (QED) is 0.220. The van der Waals surface area contributed by atoms with Crippen LogP contribution >= 0.6 is 0 Å². The van der Waals surface area contributed by atoms with Gasteiger partial charge in [-0.1, -0.05) is 163 Å². The van der Waals surface area contributed by atoms with E-state index in [9.17, 15) is 0 Å². The van der Waals surface area contributed by atoms with E-state index in [1.54, 1.807) is 16.7 Å². The first-order valence-electron chi connectivity index (χ1n) is 25.0. The molecule has 10 rings (SSSR count). The van der Waals surface area contributed by atoms with Crippen LogP contribution in [0.3, 0.4) is 0 Å². The Balaban J connectivity index is 1.26. The van der Waals surface area contributed by atoms with Crippen LogP contribution in [0.5, 0.6) is 0 Å². The highest BCUT2D eigenvalue weighted by Crippen LogP contribution is 2.71. The van der Waals surface area contributed by atoms with Crippen LogP contribution in [0.2, 0.25) is 11.6 Å². The van der Waals surface area contributed by atoms with Crippen LogP contribution in [0.1, 0.15) is 177 Å². The molecule has 2 aromatic carbocycles. The molecule has 0 bridgehead atoms. The van der Waals surface area contributed by atoms with Crippen molar-refractivity contribution in [3.8, 4) is 0 Å². The molecule has 2 saturated carbocycles. The first kappa shape index (κ1) is 41.5. The van der Waals surface area contributed by atoms with E-state index < -0.39 is 0 Å². The summed E-state index contributed by atoms with van der Waals surface area (Å²) in [6.07, 6.45) is 22.6. The van der Waals surface area contributed by atoms with Crippen molar-refractivity contribution in [2.45, 2.75) is 201 Å². The summed E-state index contributed by atoms with van der Waals surface area (Å²) in [4.78, 5) is 6.32. The summed E-state index contributed by atoms with van der Waals surface area (Å²) >= 11 is 0. The van der Waals surface area contributed by atoms with Crippen LogP contribution in [0.15, 0.2) is 72.0 Å². The molecule has 60 heavy (non-hydrogen) atoms. The van der Waals surface area contributed by atoms with Gasteiger partial charge in [-0.05, 0) is 148 Å². The topological polar surface area (TPSA) is 6.48 Å². The summed E-state index contributed by atoms with van der Waals surface area (Å²) in [5.41, 5.74) is 13.5. The lowest BCUT2D eigenvalue weighted by Crippen LogP contribution is -2.68. The maximum Gasteiger partial charge on any atom is 0.194 e. The van der Waals surface area contributed by atoms with Gasteiger partial charge >= 0.3 is 0 Å². The van der Waals surface area contributed by atoms with E-state index in [-0.39, 0.29) is 21.7 Å². The average Bonchev–Trinajstić information content (AvgIpc) is 3.65. The van der Waals surface area contributed by atoms with Gasteiger partial charge in [0.25, 0.3) is 0 Å². The van der Waals surface area contributed by atoms with Gasteiger partial charge < -0.3 is 4.90 Å². The zero-order valence-corrected chi connectivity index (χ0v) is 40.5. The Bertz CT molecular complexity index is 2120. The monoisotopic (exact) mass is 805 g/mol. The third-order valence-electron chi connectivity index (χ3n) is 18.7. The number of rotatable bonds is 2. The lowest BCUT2D eigenvalue weighted by Gasteiger charge is -2.63. The molecule has 0 amide bonds. The van der Waals surface area contributed by atoms with E-state index in [2.05, 4.69) is 167 Å². The third kappa shape index (κ3) is 6.24. The van der Waals surface area contributed by atoms with Crippen molar-refractivity contribution >= 4 is 23.6 Å². The van der Waals surface area contributed by atoms with Crippen molar-refractivity contribution in [3.05, 3.63) is 88.7 Å². The van der Waals surface area contributed by atoms with Crippen LogP contribution in [0.4, 0.5) is 11.4 Å². The van der Waals surface area contributed by atoms with E-state index in [4.69, 9.17) is 0 Å². The Morgan fingerprint density at radius 3 is 2.08 bits per heavy atom. The molecule has 3 heteroatoms. The zero-order valence-electron chi connectivity index (χ0n) is 40.5. The molecule has 322 valence electrons. The maximum atomic E-state index is 3.39. The lowest BCUT2D eigenvalue weighted by molar-refractivity contribution is 0.0191. The number of hydrogen-bond acceptors (Lipinski definition) is 2. The summed E-state index contributed by atoms with van der Waals surface area (Å²) in [5, 5.41) is 0. The van der Waals surface area contributed by atoms with Crippen LogP contribution in [0.25, 0.3) is 0 Å². The van der Waals surface area contributed by atoms with Gasteiger partial charge in [0.05, 0.1) is 0 Å². The minimum absolute atomic E-state index is 0.0658. The molecule has 4 fully saturated rings. The molecule has 2 saturated heterocycles. The minimum atomic E-state index is 0.0658. The van der Waals surface area contributed by atoms with E-state index in [1.807, 2.05) is 5.57 Å². The van der Waals surface area contributed by atoms with Crippen molar-refractivity contribution < 1.29 is 0 Å². The number of nitrogens with zero attached hydrogens (tertiary/aromatic N) is 2. The number of hydrogen-bond donors (Lipinski definition) is 0. The molecule has 2 nitrogen and oxygen atoms in total. The standard InChI is InChI=1S/C57H81BN2/c1-53(2,3)35-25-27-45(40(28-35)34-20-16-15-17-21-34)59-46-31-36(54(4,5)6)24-26-43(46)58-44-30-37(55(7,8)9)29-41-49-52(39-22-18-19-23-42(39)57(49,13)14)60(51(41)44)48-33-38(56(10,11)12)32-47(59)50(48)58/h16,20,23-28,31-32,34,37-39,41,44,48-52H,15,17-19,21-22,29-30,33H2,1-14H3. The van der Waals surface area contributed by atoms with Gasteiger partial charge in [0.1, 0.15) is 0 Å². The Morgan fingerprint density at radius 1 is 0.717 bits per heavy atom. The Labute approximate surface area is 367 Å². The molecular weight excluding hydrogens is 723 g/mol. The molecule has 0 spiro atoms. The fourth-order valence-electron chi connectivity index (χ4n) is 15.6. The molecule has 0 aromatic heterocycles. The molecule has 11 atom stereocenters. The number of allylic oxidation sites excluding steroid dienone is 4. The van der Waals surface area contributed by atoms with Crippen LogP contribution in [-0.2, 0) is 10.8 Å². The van der Waals surface area contributed by atoms with E-state index >= 15 is 0 Å². The summed E-state index contributed by atoms with van der Waals surface area (Å²) in [5.74, 6) is 5.13. The fourth-order valence-corrected chi connectivity index (χ4v) is 15.6. The van der Waals surface area contributed by atoms with Gasteiger partial charge in [-0.15, -0.1) is 0 Å². The van der Waals surface area contributed by atoms with Gasteiger partial charge in [0, 0.05) is 41.1 Å². The van der Waals surface area contributed by atoms with Crippen molar-refractivity contribution in [1.29, 1.82) is 0 Å². The van der Waals surface area contributed by atoms with Crippen LogP contribution in [0, 0.1) is 45.8 Å². The summed E-state index contributed by atoms with van der Waals surface area (Å²) in [6, 6.07) is 17.6. The van der Waals surface area contributed by atoms with Crippen molar-refractivity contribution in [2.75, 3.05) is 4.90 Å². The summed E-state index contributed by atoms with van der Waals surface area (Å²) in [7, 11) is 0. The normalized spacial score (nSPS) is 35.9. The summed E-state index contributed by atoms with van der Waals surface area (Å²) in [6.45, 7) is 35.9. The second kappa shape index (κ2) is 13.7. The second-order valence-electron chi connectivity index (χ2n) is 26.5. The van der Waals surface area contributed by atoms with Crippen molar-refractivity contribution in [1.82, 2.24) is 4.90 Å². The predicted octanol–water partition coefficient (Wildman–Crippen LogP) is 14.5. The van der Waals surface area contributed by atoms with Crippen LogP contribution in [-0.4, -0.2) is 29.7 Å². The maximum absolute atomic E-state index is 3.39. The van der Waals surface area contributed by atoms with Crippen molar-refractivity contribution in [2.24, 2.45) is 45.8 Å². The Hall–Kier alpha value is -2.52. The first-order valence-corrected chi connectivity index (χ1v) is 25.0. The highest BCUT2D eigenvalue weighted by molar-refractivity contribution is 6.79. The molecule has 11 unspecified atom stereocenters. The number of fused-ring (bicyclic) bond motifs is 9. The minimum Gasteiger partial charge on any atom is -0.315 e. The average molecular weight is 805 g/mol. The Morgan fingerprint density at radius 2 is 1.42 bits per heavy atom. The smallest absolute Gasteiger partial charge is 0.194 e. The molecule has 3 aliphatic heterocycles. The van der Waals surface area contributed by atoms with Gasteiger partial charge in [0.2, 0.25) is 0 Å². The largest absolute Gasteiger partial charge is 0.315 e. The number of benzene rings is 2. The van der Waals surface area contributed by atoms with E-state index in [0.29, 0.717) is 53.7 Å². The molecular formula is C57H81BN2. The van der Waals surface area contributed by atoms with Crippen LogP contribution < -0.4 is 10.4 Å². The summed E-state index contributed by atoms with van der Waals surface area (Å²) < 4.78 is 0. The molecule has 8 aliphatic rings. The highest BCUT2D eigenvalue weighted by Gasteiger charge is 2.72. The second-order valence-corrected chi connectivity index (χ2v) is 26.5.